The summed E-state index contributed by atoms with van der Waals surface area (Å²) in [5.74, 6) is -0.388. The first-order valence-electron chi connectivity index (χ1n) is 10.2. The van der Waals surface area contributed by atoms with Crippen LogP contribution < -0.4 is 4.74 Å². The van der Waals surface area contributed by atoms with Gasteiger partial charge in [-0.2, -0.15) is 0 Å². The molecule has 2 aromatic rings. The van der Waals surface area contributed by atoms with Crippen LogP contribution in [0.5, 0.6) is 5.75 Å². The van der Waals surface area contributed by atoms with Crippen LogP contribution >= 0.6 is 67.8 Å². The number of benzene rings is 2. The number of esters is 2. The molecule has 1 heterocycles. The topological polar surface area (TPSA) is 55.8 Å². The molecule has 1 aliphatic rings. The van der Waals surface area contributed by atoms with Crippen molar-refractivity contribution in [3.8, 4) is 5.75 Å². The SMILES string of the molecule is CN1C(C)(C)CC(OC(=O)c2ccc(OC(=O)c3cc(I)cc(I)c3I)cc2)CC1(C)C. The molecule has 0 saturated carbocycles. The van der Waals surface area contributed by atoms with Crippen LogP contribution in [0.4, 0.5) is 0 Å². The van der Waals surface area contributed by atoms with Gasteiger partial charge in [0, 0.05) is 34.6 Å². The first-order valence-corrected chi connectivity index (χ1v) is 13.5. The zero-order chi connectivity index (χ0) is 23.8. The van der Waals surface area contributed by atoms with Gasteiger partial charge in [-0.3, -0.25) is 4.90 Å². The highest BCUT2D eigenvalue weighted by atomic mass is 127. The number of piperidine rings is 1. The number of nitrogens with zero attached hydrogens (tertiary/aromatic N) is 1. The van der Waals surface area contributed by atoms with E-state index in [0.717, 1.165) is 23.6 Å². The van der Waals surface area contributed by atoms with E-state index >= 15 is 0 Å². The van der Waals surface area contributed by atoms with Crippen LogP contribution in [0.1, 0.15) is 61.3 Å². The number of hydrogen-bond donors (Lipinski definition) is 0. The maximum absolute atomic E-state index is 12.7. The number of likely N-dealkylation sites (tertiary alicyclic amines) is 1. The summed E-state index contributed by atoms with van der Waals surface area (Å²) in [5, 5.41) is 0. The Balaban J connectivity index is 1.67. The van der Waals surface area contributed by atoms with Gasteiger partial charge in [-0.05, 0) is 139 Å². The second-order valence-corrected chi connectivity index (χ2v) is 12.8. The molecule has 5 nitrogen and oxygen atoms in total. The predicted octanol–water partition coefficient (Wildman–Crippen LogP) is 6.53. The van der Waals surface area contributed by atoms with Gasteiger partial charge in [-0.15, -0.1) is 0 Å². The standard InChI is InChI=1S/C24H26I3NO4/c1-23(2)12-17(13-24(3,4)28(23)5)32-21(29)14-6-8-16(9-7-14)31-22(30)18-10-15(25)11-19(26)20(18)27/h6-11,17H,12-13H2,1-5H3. The molecule has 3 rings (SSSR count). The number of rotatable bonds is 4. The average molecular weight is 773 g/mol. The van der Waals surface area contributed by atoms with E-state index < -0.39 is 5.97 Å². The van der Waals surface area contributed by atoms with Gasteiger partial charge in [0.1, 0.15) is 11.9 Å². The molecule has 172 valence electrons. The first kappa shape index (κ1) is 26.1. The summed E-state index contributed by atoms with van der Waals surface area (Å²) in [6.45, 7) is 8.70. The average Bonchev–Trinajstić information content (AvgIpc) is 2.68. The van der Waals surface area contributed by atoms with Crippen LogP contribution in [0, 0.1) is 10.7 Å². The fourth-order valence-corrected chi connectivity index (χ4v) is 6.48. The van der Waals surface area contributed by atoms with E-state index in [2.05, 4.69) is 107 Å². The molecule has 0 amide bonds. The fourth-order valence-electron chi connectivity index (χ4n) is 4.11. The minimum absolute atomic E-state index is 0.0602. The predicted molar refractivity (Wildman–Crippen MR) is 150 cm³/mol. The van der Waals surface area contributed by atoms with Crippen molar-refractivity contribution in [1.82, 2.24) is 4.90 Å². The summed E-state index contributed by atoms with van der Waals surface area (Å²) in [4.78, 5) is 27.7. The molecule has 0 radical (unpaired) electrons. The third kappa shape index (κ3) is 5.96. The second kappa shape index (κ2) is 10.0. The molecule has 1 aliphatic heterocycles. The third-order valence-electron chi connectivity index (χ3n) is 6.06. The Morgan fingerprint density at radius 3 is 2.06 bits per heavy atom. The normalized spacial score (nSPS) is 18.2. The lowest BCUT2D eigenvalue weighted by atomic mass is 9.79. The van der Waals surface area contributed by atoms with Crippen molar-refractivity contribution in [1.29, 1.82) is 0 Å². The molecule has 0 aliphatic carbocycles. The van der Waals surface area contributed by atoms with Crippen molar-refractivity contribution in [3.05, 3.63) is 58.2 Å². The van der Waals surface area contributed by atoms with E-state index in [-0.39, 0.29) is 23.2 Å². The summed E-state index contributed by atoms with van der Waals surface area (Å²) in [6.07, 6.45) is 1.41. The van der Waals surface area contributed by atoms with E-state index in [9.17, 15) is 9.59 Å². The highest BCUT2D eigenvalue weighted by Gasteiger charge is 2.44. The summed E-state index contributed by atoms with van der Waals surface area (Å²) < 4.78 is 14.2. The van der Waals surface area contributed by atoms with Gasteiger partial charge in [-0.1, -0.05) is 0 Å². The Bertz CT molecular complexity index is 1020. The van der Waals surface area contributed by atoms with Crippen LogP contribution in [0.2, 0.25) is 0 Å². The molecule has 0 bridgehead atoms. The smallest absolute Gasteiger partial charge is 0.344 e. The Hall–Kier alpha value is -0.470. The van der Waals surface area contributed by atoms with Crippen LogP contribution in [-0.4, -0.2) is 41.1 Å². The van der Waals surface area contributed by atoms with E-state index in [0.29, 0.717) is 16.9 Å². The molecule has 1 saturated heterocycles. The summed E-state index contributed by atoms with van der Waals surface area (Å²) in [6, 6.07) is 10.3. The molecule has 0 atom stereocenters. The highest BCUT2D eigenvalue weighted by molar-refractivity contribution is 14.1. The number of halogens is 3. The molecule has 0 spiro atoms. The zero-order valence-corrected chi connectivity index (χ0v) is 25.1. The van der Waals surface area contributed by atoms with Crippen LogP contribution in [-0.2, 0) is 4.74 Å². The molecule has 0 N–H and O–H groups in total. The molecular formula is C24H26I3NO4. The highest BCUT2D eigenvalue weighted by Crippen LogP contribution is 2.38. The first-order chi connectivity index (χ1) is 14.8. The molecule has 32 heavy (non-hydrogen) atoms. The fraction of sp³-hybridized carbons (Fsp3) is 0.417. The van der Waals surface area contributed by atoms with Crippen molar-refractivity contribution < 1.29 is 19.1 Å². The second-order valence-electron chi connectivity index (χ2n) is 9.28. The van der Waals surface area contributed by atoms with Crippen LogP contribution in [0.15, 0.2) is 36.4 Å². The monoisotopic (exact) mass is 773 g/mol. The van der Waals surface area contributed by atoms with Crippen molar-refractivity contribution in [2.24, 2.45) is 0 Å². The van der Waals surface area contributed by atoms with E-state index in [4.69, 9.17) is 9.47 Å². The van der Waals surface area contributed by atoms with Gasteiger partial charge in [0.15, 0.2) is 0 Å². The Labute approximate surface area is 230 Å². The van der Waals surface area contributed by atoms with E-state index in [1.165, 1.54) is 0 Å². The van der Waals surface area contributed by atoms with E-state index in [1.807, 2.05) is 12.1 Å². The molecule has 8 heteroatoms. The van der Waals surface area contributed by atoms with Crippen molar-refractivity contribution in [2.45, 2.75) is 57.7 Å². The van der Waals surface area contributed by atoms with Gasteiger partial charge < -0.3 is 9.47 Å². The lowest BCUT2D eigenvalue weighted by molar-refractivity contribution is -0.0732. The number of carbonyl (C=O) groups excluding carboxylic acids is 2. The molecule has 2 aromatic carbocycles. The van der Waals surface area contributed by atoms with Gasteiger partial charge >= 0.3 is 11.9 Å². The molecule has 0 unspecified atom stereocenters. The maximum Gasteiger partial charge on any atom is 0.344 e. The van der Waals surface area contributed by atoms with Crippen molar-refractivity contribution in [2.75, 3.05) is 7.05 Å². The van der Waals surface area contributed by atoms with Crippen LogP contribution in [0.3, 0.4) is 0 Å². The van der Waals surface area contributed by atoms with Crippen molar-refractivity contribution in [3.63, 3.8) is 0 Å². The van der Waals surface area contributed by atoms with Crippen molar-refractivity contribution >= 4 is 79.7 Å². The van der Waals surface area contributed by atoms with Gasteiger partial charge in [0.2, 0.25) is 0 Å². The Kier molecular flexibility index (Phi) is 8.19. The summed E-state index contributed by atoms with van der Waals surface area (Å²) in [7, 11) is 2.12. The maximum atomic E-state index is 12.7. The molecular weight excluding hydrogens is 747 g/mol. The largest absolute Gasteiger partial charge is 0.459 e. The minimum Gasteiger partial charge on any atom is -0.459 e. The molecule has 0 aromatic heterocycles. The number of ether oxygens (including phenoxy) is 2. The van der Waals surface area contributed by atoms with Gasteiger partial charge in [0.05, 0.1) is 11.1 Å². The third-order valence-corrected chi connectivity index (χ3v) is 9.73. The molecule has 1 fully saturated rings. The Morgan fingerprint density at radius 1 is 0.938 bits per heavy atom. The minimum atomic E-state index is -0.419. The summed E-state index contributed by atoms with van der Waals surface area (Å²) in [5.41, 5.74) is 0.848. The van der Waals surface area contributed by atoms with Crippen LogP contribution in [0.25, 0.3) is 0 Å². The quantitative estimate of drug-likeness (QED) is 0.153. The number of hydrogen-bond acceptors (Lipinski definition) is 5. The zero-order valence-electron chi connectivity index (χ0n) is 18.7. The Morgan fingerprint density at radius 2 is 1.50 bits per heavy atom. The number of carbonyl (C=O) groups is 2. The summed E-state index contributed by atoms with van der Waals surface area (Å²) >= 11 is 6.54. The van der Waals surface area contributed by atoms with Gasteiger partial charge in [-0.25, -0.2) is 9.59 Å². The lowest BCUT2D eigenvalue weighted by Gasteiger charge is -2.53. The van der Waals surface area contributed by atoms with Gasteiger partial charge in [0.25, 0.3) is 0 Å². The lowest BCUT2D eigenvalue weighted by Crippen LogP contribution is -2.60. The van der Waals surface area contributed by atoms with E-state index in [1.54, 1.807) is 24.3 Å².